The largest absolute Gasteiger partial charge is 0.454 e. The Bertz CT molecular complexity index is 854. The van der Waals surface area contributed by atoms with Gasteiger partial charge in [-0.3, -0.25) is 4.68 Å². The van der Waals surface area contributed by atoms with Gasteiger partial charge in [-0.1, -0.05) is 20.8 Å². The number of nitrogens with zero attached hydrogens (tertiary/aromatic N) is 3. The molecular weight excluding hydrogens is 326 g/mol. The fourth-order valence-corrected chi connectivity index (χ4v) is 4.24. The van der Waals surface area contributed by atoms with Crippen molar-refractivity contribution >= 4 is 9.84 Å². The van der Waals surface area contributed by atoms with Crippen LogP contribution in [-0.4, -0.2) is 24.0 Å². The normalized spacial score (nSPS) is 12.0. The molecule has 0 fully saturated rings. The van der Waals surface area contributed by atoms with E-state index in [4.69, 9.17) is 10.00 Å². The van der Waals surface area contributed by atoms with Gasteiger partial charge < -0.3 is 4.74 Å². The Morgan fingerprint density at radius 2 is 1.88 bits per heavy atom. The molecule has 0 bridgehead atoms. The predicted molar refractivity (Wildman–Crippen MR) is 91.4 cm³/mol. The van der Waals surface area contributed by atoms with Crippen molar-refractivity contribution in [3.8, 4) is 17.6 Å². The number of hydrogen-bond donors (Lipinski definition) is 0. The van der Waals surface area contributed by atoms with Crippen molar-refractivity contribution in [2.24, 2.45) is 5.41 Å². The molecule has 0 saturated carbocycles. The zero-order chi connectivity index (χ0) is 18.0. The summed E-state index contributed by atoms with van der Waals surface area (Å²) >= 11 is 0. The van der Waals surface area contributed by atoms with Gasteiger partial charge in [0.2, 0.25) is 0 Å². The highest BCUT2D eigenvalue weighted by atomic mass is 32.2. The molecule has 0 saturated heterocycles. The molecule has 6 nitrogen and oxygen atoms in total. The Morgan fingerprint density at radius 3 is 2.42 bits per heavy atom. The molecule has 0 spiro atoms. The second kappa shape index (κ2) is 6.65. The van der Waals surface area contributed by atoms with Gasteiger partial charge in [0.1, 0.15) is 17.3 Å². The lowest BCUT2D eigenvalue weighted by atomic mass is 10.0. The highest BCUT2D eigenvalue weighted by molar-refractivity contribution is 7.90. The maximum atomic E-state index is 12.2. The lowest BCUT2D eigenvalue weighted by Crippen LogP contribution is -2.24. The van der Waals surface area contributed by atoms with Crippen LogP contribution in [0.25, 0.3) is 0 Å². The van der Waals surface area contributed by atoms with Crippen LogP contribution in [-0.2, 0) is 15.7 Å². The van der Waals surface area contributed by atoms with Gasteiger partial charge in [0.05, 0.1) is 23.6 Å². The number of aromatic nitrogens is 2. The van der Waals surface area contributed by atoms with Crippen LogP contribution >= 0.6 is 0 Å². The van der Waals surface area contributed by atoms with Crippen LogP contribution in [0.4, 0.5) is 0 Å². The minimum atomic E-state index is -3.27. The molecule has 1 aromatic heterocycles. The van der Waals surface area contributed by atoms with Crippen LogP contribution in [0.3, 0.4) is 0 Å². The minimum Gasteiger partial charge on any atom is -0.454 e. The lowest BCUT2D eigenvalue weighted by molar-refractivity contribution is 0.457. The second-order valence-electron chi connectivity index (χ2n) is 6.93. The van der Waals surface area contributed by atoms with Crippen LogP contribution in [0.2, 0.25) is 0 Å². The van der Waals surface area contributed by atoms with Gasteiger partial charge in [0, 0.05) is 0 Å². The Morgan fingerprint density at radius 1 is 1.25 bits per heavy atom. The summed E-state index contributed by atoms with van der Waals surface area (Å²) in [6.45, 7) is 7.42. The quantitative estimate of drug-likeness (QED) is 0.828. The maximum absolute atomic E-state index is 12.2. The van der Waals surface area contributed by atoms with Crippen LogP contribution in [0.1, 0.15) is 32.0 Å². The third-order valence-corrected chi connectivity index (χ3v) is 5.06. The molecule has 0 N–H and O–H groups in total. The summed E-state index contributed by atoms with van der Waals surface area (Å²) in [4.78, 5) is 0. The zero-order valence-electron chi connectivity index (χ0n) is 14.3. The fourth-order valence-electron chi connectivity index (χ4n) is 2.30. The Hall–Kier alpha value is -2.33. The molecule has 2 aromatic rings. The zero-order valence-corrected chi connectivity index (χ0v) is 15.1. The number of hydrogen-bond acceptors (Lipinski definition) is 5. The fraction of sp³-hybridized carbons (Fsp3) is 0.412. The molecule has 7 heteroatoms. The molecule has 24 heavy (non-hydrogen) atoms. The summed E-state index contributed by atoms with van der Waals surface area (Å²) in [5.74, 6) is 0.965. The van der Waals surface area contributed by atoms with Crippen molar-refractivity contribution in [1.82, 2.24) is 9.78 Å². The van der Waals surface area contributed by atoms with Crippen molar-refractivity contribution in [2.75, 3.05) is 5.75 Å². The average molecular weight is 347 g/mol. The average Bonchev–Trinajstić information content (AvgIpc) is 2.75. The Labute approximate surface area is 142 Å². The molecule has 0 aliphatic heterocycles. The smallest absolute Gasteiger partial charge is 0.170 e. The van der Waals surface area contributed by atoms with E-state index in [1.54, 1.807) is 37.4 Å². The standard InChI is InChI=1S/C17H21N3O3S/c1-13-16(23-15-7-5-14(9-18)6-8-15)10-20(19-13)12-24(21,22)11-17(2,3)4/h5-8,10H,11-12H2,1-4H3. The number of ether oxygens (including phenoxy) is 1. The highest BCUT2D eigenvalue weighted by Crippen LogP contribution is 2.25. The summed E-state index contributed by atoms with van der Waals surface area (Å²) < 4.78 is 31.6. The summed E-state index contributed by atoms with van der Waals surface area (Å²) in [5.41, 5.74) is 0.844. The summed E-state index contributed by atoms with van der Waals surface area (Å²) in [6, 6.07) is 8.72. The van der Waals surface area contributed by atoms with E-state index < -0.39 is 9.84 Å². The van der Waals surface area contributed by atoms with Crippen molar-refractivity contribution in [3.05, 3.63) is 41.7 Å². The Kier molecular flexibility index (Phi) is 4.99. The maximum Gasteiger partial charge on any atom is 0.170 e. The van der Waals surface area contributed by atoms with Crippen molar-refractivity contribution in [1.29, 1.82) is 5.26 Å². The van der Waals surface area contributed by atoms with Gasteiger partial charge in [0.25, 0.3) is 0 Å². The van der Waals surface area contributed by atoms with Crippen LogP contribution in [0, 0.1) is 23.7 Å². The number of nitriles is 1. The van der Waals surface area contributed by atoms with E-state index in [1.807, 2.05) is 26.8 Å². The molecule has 128 valence electrons. The number of sulfone groups is 1. The van der Waals surface area contributed by atoms with E-state index in [0.29, 0.717) is 22.8 Å². The van der Waals surface area contributed by atoms with E-state index >= 15 is 0 Å². The SMILES string of the molecule is Cc1nn(CS(=O)(=O)CC(C)(C)C)cc1Oc1ccc(C#N)cc1. The van der Waals surface area contributed by atoms with E-state index in [2.05, 4.69) is 5.10 Å². The second-order valence-corrected chi connectivity index (χ2v) is 8.97. The van der Waals surface area contributed by atoms with Crippen molar-refractivity contribution < 1.29 is 13.2 Å². The van der Waals surface area contributed by atoms with Gasteiger partial charge in [-0.2, -0.15) is 10.4 Å². The van der Waals surface area contributed by atoms with Gasteiger partial charge in [-0.15, -0.1) is 0 Å². The van der Waals surface area contributed by atoms with Crippen LogP contribution < -0.4 is 4.74 Å². The van der Waals surface area contributed by atoms with Crippen LogP contribution in [0.5, 0.6) is 11.5 Å². The first-order valence-electron chi connectivity index (χ1n) is 7.50. The van der Waals surface area contributed by atoms with E-state index in [9.17, 15) is 8.42 Å². The molecule has 0 aliphatic rings. The molecule has 1 aromatic carbocycles. The Balaban J connectivity index is 2.13. The van der Waals surface area contributed by atoms with Crippen molar-refractivity contribution in [3.63, 3.8) is 0 Å². The van der Waals surface area contributed by atoms with E-state index in [-0.39, 0.29) is 17.0 Å². The van der Waals surface area contributed by atoms with Crippen molar-refractivity contribution in [2.45, 2.75) is 33.6 Å². The van der Waals surface area contributed by atoms with E-state index in [0.717, 1.165) is 0 Å². The number of aryl methyl sites for hydroxylation is 1. The highest BCUT2D eigenvalue weighted by Gasteiger charge is 2.23. The summed E-state index contributed by atoms with van der Waals surface area (Å²) in [6.07, 6.45) is 1.58. The van der Waals surface area contributed by atoms with Gasteiger partial charge in [-0.05, 0) is 36.6 Å². The molecular formula is C17H21N3O3S. The number of rotatable bonds is 5. The molecule has 2 rings (SSSR count). The topological polar surface area (TPSA) is 85.0 Å². The predicted octanol–water partition coefficient (Wildman–Crippen LogP) is 3.27. The first kappa shape index (κ1) is 18.0. The summed E-state index contributed by atoms with van der Waals surface area (Å²) in [5, 5.41) is 13.0. The first-order valence-corrected chi connectivity index (χ1v) is 9.33. The number of benzene rings is 1. The van der Waals surface area contributed by atoms with Gasteiger partial charge >= 0.3 is 0 Å². The third kappa shape index (κ3) is 5.10. The molecule has 0 unspecified atom stereocenters. The van der Waals surface area contributed by atoms with E-state index in [1.165, 1.54) is 4.68 Å². The first-order chi connectivity index (χ1) is 11.1. The van der Waals surface area contributed by atoms with Gasteiger partial charge in [-0.25, -0.2) is 8.42 Å². The molecule has 0 amide bonds. The lowest BCUT2D eigenvalue weighted by Gasteiger charge is -2.17. The molecule has 1 heterocycles. The molecule has 0 atom stereocenters. The van der Waals surface area contributed by atoms with Crippen LogP contribution in [0.15, 0.2) is 30.5 Å². The van der Waals surface area contributed by atoms with Gasteiger partial charge in [0.15, 0.2) is 15.6 Å². The summed E-state index contributed by atoms with van der Waals surface area (Å²) in [7, 11) is -3.27. The minimum absolute atomic E-state index is 0.0880. The molecule has 0 aliphatic carbocycles. The monoisotopic (exact) mass is 347 g/mol. The third-order valence-electron chi connectivity index (χ3n) is 3.09. The molecule has 0 radical (unpaired) electrons.